The zero-order chi connectivity index (χ0) is 16.1. The molecule has 122 valence electrons. The molecule has 0 atom stereocenters. The maximum Gasteiger partial charge on any atom is 0.271 e. The molecule has 1 aliphatic rings. The van der Waals surface area contributed by atoms with Crippen molar-refractivity contribution in [1.29, 1.82) is 0 Å². The van der Waals surface area contributed by atoms with Crippen LogP contribution >= 0.6 is 23.1 Å². The summed E-state index contributed by atoms with van der Waals surface area (Å²) in [6, 6.07) is 7.87. The molecule has 3 rings (SSSR count). The van der Waals surface area contributed by atoms with Crippen LogP contribution in [0.5, 0.6) is 5.75 Å². The van der Waals surface area contributed by atoms with Crippen LogP contribution in [0.3, 0.4) is 0 Å². The van der Waals surface area contributed by atoms with Gasteiger partial charge in [0.2, 0.25) is 0 Å². The molecule has 0 radical (unpaired) electrons. The van der Waals surface area contributed by atoms with Crippen molar-refractivity contribution in [3.8, 4) is 5.75 Å². The molecule has 2 N–H and O–H groups in total. The highest BCUT2D eigenvalue weighted by Crippen LogP contribution is 2.23. The Morgan fingerprint density at radius 3 is 2.70 bits per heavy atom. The van der Waals surface area contributed by atoms with Crippen LogP contribution in [0.1, 0.15) is 23.3 Å². The fraction of sp³-hybridized carbons (Fsp3) is 0.375. The van der Waals surface area contributed by atoms with Crippen molar-refractivity contribution in [1.82, 2.24) is 10.3 Å². The predicted molar refractivity (Wildman–Crippen MR) is 96.2 cm³/mol. The Bertz CT molecular complexity index is 652. The lowest BCUT2D eigenvalue weighted by molar-refractivity contribution is 0.0930. The van der Waals surface area contributed by atoms with Gasteiger partial charge < -0.3 is 15.4 Å². The van der Waals surface area contributed by atoms with Crippen LogP contribution in [-0.2, 0) is 0 Å². The first kappa shape index (κ1) is 16.1. The Morgan fingerprint density at radius 2 is 2.00 bits per heavy atom. The van der Waals surface area contributed by atoms with E-state index in [0.29, 0.717) is 10.8 Å². The molecule has 2 aromatic rings. The number of thiazole rings is 1. The van der Waals surface area contributed by atoms with E-state index in [9.17, 15) is 4.79 Å². The van der Waals surface area contributed by atoms with Crippen LogP contribution in [0.2, 0.25) is 0 Å². The van der Waals surface area contributed by atoms with E-state index in [-0.39, 0.29) is 11.9 Å². The summed E-state index contributed by atoms with van der Waals surface area (Å²) in [4.78, 5) is 16.6. The van der Waals surface area contributed by atoms with E-state index in [1.54, 1.807) is 12.5 Å². The summed E-state index contributed by atoms with van der Waals surface area (Å²) in [5.41, 5.74) is 1.39. The third-order valence-electron chi connectivity index (χ3n) is 3.63. The first-order valence-electron chi connectivity index (χ1n) is 7.50. The first-order valence-corrected chi connectivity index (χ1v) is 9.53. The second-order valence-electron chi connectivity index (χ2n) is 5.25. The lowest BCUT2D eigenvalue weighted by atomic mass is 10.1. The van der Waals surface area contributed by atoms with Gasteiger partial charge in [-0.1, -0.05) is 0 Å². The van der Waals surface area contributed by atoms with Crippen LogP contribution in [0.25, 0.3) is 0 Å². The quantitative estimate of drug-likeness (QED) is 0.865. The number of thioether (sulfide) groups is 1. The fourth-order valence-corrected chi connectivity index (χ4v) is 4.15. The number of carbonyl (C=O) groups is 1. The molecule has 0 bridgehead atoms. The van der Waals surface area contributed by atoms with Crippen molar-refractivity contribution in [3.05, 3.63) is 35.3 Å². The molecule has 0 unspecified atom stereocenters. The van der Waals surface area contributed by atoms with Gasteiger partial charge in [-0.3, -0.25) is 4.79 Å². The summed E-state index contributed by atoms with van der Waals surface area (Å²) in [6.45, 7) is 0. The summed E-state index contributed by atoms with van der Waals surface area (Å²) in [5.74, 6) is 2.96. The SMILES string of the molecule is COc1ccc(Nc2nc(C(=O)NC3CCSCC3)cs2)cc1. The highest BCUT2D eigenvalue weighted by atomic mass is 32.2. The molecular formula is C16H19N3O2S2. The van der Waals surface area contributed by atoms with Crippen LogP contribution < -0.4 is 15.4 Å². The number of amides is 1. The number of methoxy groups -OCH3 is 1. The number of anilines is 2. The van der Waals surface area contributed by atoms with Gasteiger partial charge in [0.05, 0.1) is 7.11 Å². The van der Waals surface area contributed by atoms with Crippen LogP contribution in [0.4, 0.5) is 10.8 Å². The zero-order valence-corrected chi connectivity index (χ0v) is 14.5. The van der Waals surface area contributed by atoms with Gasteiger partial charge in [-0.25, -0.2) is 4.98 Å². The Hall–Kier alpha value is -1.73. The largest absolute Gasteiger partial charge is 0.497 e. The molecule has 1 fully saturated rings. The van der Waals surface area contributed by atoms with Gasteiger partial charge in [0, 0.05) is 17.1 Å². The molecular weight excluding hydrogens is 330 g/mol. The van der Waals surface area contributed by atoms with E-state index >= 15 is 0 Å². The van der Waals surface area contributed by atoms with Crippen molar-refractivity contribution in [2.75, 3.05) is 23.9 Å². The number of hydrogen-bond acceptors (Lipinski definition) is 6. The average molecular weight is 349 g/mol. The van der Waals surface area contributed by atoms with E-state index in [2.05, 4.69) is 15.6 Å². The van der Waals surface area contributed by atoms with Crippen LogP contribution in [0, 0.1) is 0 Å². The van der Waals surface area contributed by atoms with Crippen LogP contribution in [-0.4, -0.2) is 35.5 Å². The van der Waals surface area contributed by atoms with Gasteiger partial charge in [-0.2, -0.15) is 11.8 Å². The lowest BCUT2D eigenvalue weighted by Gasteiger charge is -2.21. The molecule has 0 saturated carbocycles. The number of rotatable bonds is 5. The normalized spacial score (nSPS) is 15.2. The molecule has 2 heterocycles. The van der Waals surface area contributed by atoms with Gasteiger partial charge in [0.1, 0.15) is 11.4 Å². The molecule has 1 aliphatic heterocycles. The van der Waals surface area contributed by atoms with Gasteiger partial charge in [0.25, 0.3) is 5.91 Å². The average Bonchev–Trinajstić information content (AvgIpc) is 3.05. The Labute approximate surface area is 143 Å². The number of nitrogens with zero attached hydrogens (tertiary/aromatic N) is 1. The fourth-order valence-electron chi connectivity index (χ4n) is 2.33. The molecule has 1 saturated heterocycles. The second kappa shape index (κ2) is 7.70. The minimum Gasteiger partial charge on any atom is -0.497 e. The number of hydrogen-bond donors (Lipinski definition) is 2. The summed E-state index contributed by atoms with van der Waals surface area (Å²) in [6.07, 6.45) is 2.08. The highest BCUT2D eigenvalue weighted by Gasteiger charge is 2.18. The predicted octanol–water partition coefficient (Wildman–Crippen LogP) is 3.52. The van der Waals surface area contributed by atoms with Gasteiger partial charge in [-0.05, 0) is 48.6 Å². The molecule has 7 heteroatoms. The third kappa shape index (κ3) is 4.39. The maximum absolute atomic E-state index is 12.2. The van der Waals surface area contributed by atoms with E-state index < -0.39 is 0 Å². The molecule has 1 amide bonds. The summed E-state index contributed by atoms with van der Waals surface area (Å²) in [5, 5.41) is 8.78. The molecule has 1 aromatic heterocycles. The lowest BCUT2D eigenvalue weighted by Crippen LogP contribution is -2.37. The summed E-state index contributed by atoms with van der Waals surface area (Å²) in [7, 11) is 1.64. The Morgan fingerprint density at radius 1 is 1.26 bits per heavy atom. The van der Waals surface area contributed by atoms with E-state index in [1.165, 1.54) is 11.3 Å². The minimum atomic E-state index is -0.0825. The minimum absolute atomic E-state index is 0.0825. The monoisotopic (exact) mass is 349 g/mol. The molecule has 5 nitrogen and oxygen atoms in total. The number of carbonyl (C=O) groups excluding carboxylic acids is 1. The van der Waals surface area contributed by atoms with E-state index in [4.69, 9.17) is 4.74 Å². The molecule has 23 heavy (non-hydrogen) atoms. The Balaban J connectivity index is 1.59. The maximum atomic E-state index is 12.2. The number of benzene rings is 1. The number of nitrogens with one attached hydrogen (secondary N) is 2. The molecule has 0 aliphatic carbocycles. The van der Waals surface area contributed by atoms with Crippen molar-refractivity contribution >= 4 is 39.8 Å². The smallest absolute Gasteiger partial charge is 0.271 e. The zero-order valence-electron chi connectivity index (χ0n) is 12.9. The molecule has 0 spiro atoms. The standard InChI is InChI=1S/C16H19N3O2S2/c1-21-13-4-2-11(3-5-13)18-16-19-14(10-23-16)15(20)17-12-6-8-22-9-7-12/h2-5,10,12H,6-9H2,1H3,(H,17,20)(H,18,19). The van der Waals surface area contributed by atoms with E-state index in [1.807, 2.05) is 36.0 Å². The van der Waals surface area contributed by atoms with Crippen molar-refractivity contribution < 1.29 is 9.53 Å². The summed E-state index contributed by atoms with van der Waals surface area (Å²) < 4.78 is 5.13. The molecule has 1 aromatic carbocycles. The van der Waals surface area contributed by atoms with Gasteiger partial charge in [-0.15, -0.1) is 11.3 Å². The summed E-state index contributed by atoms with van der Waals surface area (Å²) >= 11 is 3.37. The Kier molecular flexibility index (Phi) is 5.40. The van der Waals surface area contributed by atoms with Crippen LogP contribution in [0.15, 0.2) is 29.6 Å². The second-order valence-corrected chi connectivity index (χ2v) is 7.33. The third-order valence-corrected chi connectivity index (χ3v) is 5.44. The van der Waals surface area contributed by atoms with Gasteiger partial charge >= 0.3 is 0 Å². The number of ether oxygens (including phenoxy) is 1. The topological polar surface area (TPSA) is 63.2 Å². The van der Waals surface area contributed by atoms with Crippen molar-refractivity contribution in [3.63, 3.8) is 0 Å². The van der Waals surface area contributed by atoms with Gasteiger partial charge in [0.15, 0.2) is 5.13 Å². The number of aromatic nitrogens is 1. The van der Waals surface area contributed by atoms with Crippen molar-refractivity contribution in [2.45, 2.75) is 18.9 Å². The first-order chi connectivity index (χ1) is 11.2. The highest BCUT2D eigenvalue weighted by molar-refractivity contribution is 7.99. The van der Waals surface area contributed by atoms with Crippen molar-refractivity contribution in [2.24, 2.45) is 0 Å². The van der Waals surface area contributed by atoms with E-state index in [0.717, 1.165) is 35.8 Å².